The van der Waals surface area contributed by atoms with Crippen molar-refractivity contribution in [1.82, 2.24) is 4.37 Å². The van der Waals surface area contributed by atoms with Gasteiger partial charge in [0.25, 0.3) is 5.91 Å². The summed E-state index contributed by atoms with van der Waals surface area (Å²) < 4.78 is 4.03. The Bertz CT molecular complexity index is 400. The monoisotopic (exact) mass is 256 g/mol. The lowest BCUT2D eigenvalue weighted by Crippen LogP contribution is -2.35. The van der Waals surface area contributed by atoms with E-state index in [1.165, 1.54) is 11.5 Å². The number of carbonyl (C=O) groups excluding carboxylic acids is 1. The minimum absolute atomic E-state index is 0.229. The van der Waals surface area contributed by atoms with Gasteiger partial charge in [0.1, 0.15) is 10.6 Å². The van der Waals surface area contributed by atoms with Crippen LogP contribution in [0.25, 0.3) is 0 Å². The number of nitrogen functional groups attached to an aromatic ring is 1. The highest BCUT2D eigenvalue weighted by molar-refractivity contribution is 7.11. The molecule has 0 aliphatic rings. The Balaban J connectivity index is 3.14. The smallest absolute Gasteiger partial charge is 0.255 e. The number of aromatic nitrogens is 1. The summed E-state index contributed by atoms with van der Waals surface area (Å²) in [6.07, 6.45) is 0. The second kappa shape index (κ2) is 5.35. The first kappa shape index (κ1) is 13.8. The van der Waals surface area contributed by atoms with Crippen LogP contribution in [0.2, 0.25) is 0 Å². The predicted molar refractivity (Wildman–Crippen MR) is 72.4 cm³/mol. The number of rotatable bonds is 5. The SMILES string of the molecule is CC(C)CN(c1snc(N)c1C(N)=O)C(C)C. The highest BCUT2D eigenvalue weighted by Crippen LogP contribution is 2.32. The van der Waals surface area contributed by atoms with Crippen molar-refractivity contribution in [2.75, 3.05) is 17.2 Å². The van der Waals surface area contributed by atoms with Gasteiger partial charge in [-0.3, -0.25) is 4.79 Å². The molecule has 0 unspecified atom stereocenters. The molecular formula is C11H20N4OS. The van der Waals surface area contributed by atoms with Crippen LogP contribution in [0, 0.1) is 5.92 Å². The molecule has 0 saturated heterocycles. The number of hydrogen-bond acceptors (Lipinski definition) is 5. The second-order valence-corrected chi connectivity index (χ2v) is 5.50. The summed E-state index contributed by atoms with van der Waals surface area (Å²) in [5, 5.41) is 0.777. The van der Waals surface area contributed by atoms with E-state index >= 15 is 0 Å². The van der Waals surface area contributed by atoms with E-state index in [4.69, 9.17) is 11.5 Å². The summed E-state index contributed by atoms with van der Waals surface area (Å²) in [5.41, 5.74) is 11.4. The molecule has 0 atom stereocenters. The van der Waals surface area contributed by atoms with E-state index in [0.29, 0.717) is 11.5 Å². The number of nitrogens with two attached hydrogens (primary N) is 2. The molecule has 1 aromatic heterocycles. The molecular weight excluding hydrogens is 236 g/mol. The molecule has 4 N–H and O–H groups in total. The van der Waals surface area contributed by atoms with Gasteiger partial charge in [-0.05, 0) is 31.3 Å². The Kier molecular flexibility index (Phi) is 4.34. The first-order chi connectivity index (χ1) is 7.84. The molecule has 0 bridgehead atoms. The molecule has 1 heterocycles. The standard InChI is InChI=1S/C11H20N4OS/c1-6(2)5-15(7(3)4)11-8(10(13)16)9(12)14-17-11/h6-7H,5H2,1-4H3,(H2,12,14)(H2,13,16). The zero-order valence-corrected chi connectivity index (χ0v) is 11.5. The Morgan fingerprint density at radius 1 is 1.41 bits per heavy atom. The van der Waals surface area contributed by atoms with Gasteiger partial charge in [-0.2, -0.15) is 4.37 Å². The van der Waals surface area contributed by atoms with E-state index in [9.17, 15) is 4.79 Å². The average molecular weight is 256 g/mol. The van der Waals surface area contributed by atoms with Gasteiger partial charge in [-0.1, -0.05) is 13.8 Å². The van der Waals surface area contributed by atoms with Gasteiger partial charge in [0.15, 0.2) is 5.82 Å². The van der Waals surface area contributed by atoms with Crippen molar-refractivity contribution >= 4 is 28.3 Å². The maximum absolute atomic E-state index is 11.4. The summed E-state index contributed by atoms with van der Waals surface area (Å²) >= 11 is 1.23. The molecule has 5 nitrogen and oxygen atoms in total. The lowest BCUT2D eigenvalue weighted by molar-refractivity contribution is 0.100. The molecule has 0 spiro atoms. The summed E-state index contributed by atoms with van der Waals surface area (Å²) in [7, 11) is 0. The zero-order chi connectivity index (χ0) is 13.2. The van der Waals surface area contributed by atoms with Crippen molar-refractivity contribution in [3.63, 3.8) is 0 Å². The largest absolute Gasteiger partial charge is 0.382 e. The third-order valence-corrected chi connectivity index (χ3v) is 3.29. The van der Waals surface area contributed by atoms with Crippen LogP contribution in [0.3, 0.4) is 0 Å². The van der Waals surface area contributed by atoms with Gasteiger partial charge in [-0.25, -0.2) is 0 Å². The number of primary amides is 1. The summed E-state index contributed by atoms with van der Waals surface area (Å²) in [5.74, 6) is 0.203. The van der Waals surface area contributed by atoms with Crippen molar-refractivity contribution in [3.05, 3.63) is 5.56 Å². The number of hydrogen-bond donors (Lipinski definition) is 2. The normalized spacial score (nSPS) is 11.2. The Labute approximate surface area is 106 Å². The lowest BCUT2D eigenvalue weighted by Gasteiger charge is -2.29. The Morgan fingerprint density at radius 3 is 2.41 bits per heavy atom. The van der Waals surface area contributed by atoms with Crippen molar-refractivity contribution in [2.45, 2.75) is 33.7 Å². The molecule has 0 fully saturated rings. The van der Waals surface area contributed by atoms with Crippen molar-refractivity contribution in [3.8, 4) is 0 Å². The molecule has 0 aliphatic heterocycles. The minimum Gasteiger partial charge on any atom is -0.382 e. The highest BCUT2D eigenvalue weighted by atomic mass is 32.1. The minimum atomic E-state index is -0.513. The van der Waals surface area contributed by atoms with Crippen LogP contribution in [0.4, 0.5) is 10.8 Å². The quantitative estimate of drug-likeness (QED) is 0.839. The van der Waals surface area contributed by atoms with Gasteiger partial charge in [0.2, 0.25) is 0 Å². The third-order valence-electron chi connectivity index (χ3n) is 2.39. The summed E-state index contributed by atoms with van der Waals surface area (Å²) in [6, 6.07) is 0.273. The summed E-state index contributed by atoms with van der Waals surface area (Å²) in [4.78, 5) is 13.5. The fourth-order valence-electron chi connectivity index (χ4n) is 1.64. The van der Waals surface area contributed by atoms with Crippen LogP contribution in [-0.2, 0) is 0 Å². The Morgan fingerprint density at radius 2 is 2.00 bits per heavy atom. The van der Waals surface area contributed by atoms with E-state index in [1.54, 1.807) is 0 Å². The average Bonchev–Trinajstić information content (AvgIpc) is 2.55. The van der Waals surface area contributed by atoms with Crippen molar-refractivity contribution < 1.29 is 4.79 Å². The number of anilines is 2. The first-order valence-corrected chi connectivity index (χ1v) is 6.43. The summed E-state index contributed by atoms with van der Waals surface area (Å²) in [6.45, 7) is 9.25. The number of carbonyl (C=O) groups is 1. The van der Waals surface area contributed by atoms with Gasteiger partial charge in [0, 0.05) is 12.6 Å². The predicted octanol–water partition coefficient (Wildman–Crippen LogP) is 1.70. The van der Waals surface area contributed by atoms with E-state index in [-0.39, 0.29) is 11.9 Å². The Hall–Kier alpha value is -1.30. The molecule has 1 aromatic rings. The second-order valence-electron chi connectivity index (χ2n) is 4.75. The molecule has 6 heteroatoms. The maximum atomic E-state index is 11.4. The maximum Gasteiger partial charge on any atom is 0.255 e. The molecule has 0 radical (unpaired) electrons. The number of nitrogens with zero attached hydrogens (tertiary/aromatic N) is 2. The van der Waals surface area contributed by atoms with Crippen LogP contribution in [-0.4, -0.2) is 22.9 Å². The fraction of sp³-hybridized carbons (Fsp3) is 0.636. The van der Waals surface area contributed by atoms with E-state index < -0.39 is 5.91 Å². The van der Waals surface area contributed by atoms with E-state index in [1.807, 2.05) is 0 Å². The van der Waals surface area contributed by atoms with Gasteiger partial charge >= 0.3 is 0 Å². The van der Waals surface area contributed by atoms with Crippen LogP contribution >= 0.6 is 11.5 Å². The van der Waals surface area contributed by atoms with Crippen LogP contribution in [0.1, 0.15) is 38.1 Å². The molecule has 0 aliphatic carbocycles. The van der Waals surface area contributed by atoms with Crippen LogP contribution < -0.4 is 16.4 Å². The van der Waals surface area contributed by atoms with Crippen molar-refractivity contribution in [1.29, 1.82) is 0 Å². The number of amides is 1. The molecule has 96 valence electrons. The molecule has 1 rings (SSSR count). The molecule has 0 aromatic carbocycles. The van der Waals surface area contributed by atoms with Crippen molar-refractivity contribution in [2.24, 2.45) is 11.7 Å². The van der Waals surface area contributed by atoms with Gasteiger partial charge in [0.05, 0.1) is 0 Å². The topological polar surface area (TPSA) is 85.2 Å². The first-order valence-electron chi connectivity index (χ1n) is 5.66. The highest BCUT2D eigenvalue weighted by Gasteiger charge is 2.23. The fourth-order valence-corrected chi connectivity index (χ4v) is 2.61. The van der Waals surface area contributed by atoms with E-state index in [0.717, 1.165) is 11.5 Å². The zero-order valence-electron chi connectivity index (χ0n) is 10.7. The lowest BCUT2D eigenvalue weighted by atomic mass is 10.1. The van der Waals surface area contributed by atoms with Gasteiger partial charge in [-0.15, -0.1) is 0 Å². The van der Waals surface area contributed by atoms with Gasteiger partial charge < -0.3 is 16.4 Å². The van der Waals surface area contributed by atoms with Crippen LogP contribution in [0.5, 0.6) is 0 Å². The molecule has 17 heavy (non-hydrogen) atoms. The van der Waals surface area contributed by atoms with Crippen LogP contribution in [0.15, 0.2) is 0 Å². The third kappa shape index (κ3) is 3.09. The molecule has 0 saturated carbocycles. The van der Waals surface area contributed by atoms with E-state index in [2.05, 4.69) is 37.0 Å². The molecule has 1 amide bonds.